The smallest absolute Gasteiger partial charge is 0.326 e. The van der Waals surface area contributed by atoms with Crippen LogP contribution >= 0.6 is 0 Å². The third kappa shape index (κ3) is 5.63. The summed E-state index contributed by atoms with van der Waals surface area (Å²) in [5, 5.41) is 15.4. The molecule has 1 aliphatic rings. The van der Waals surface area contributed by atoms with Crippen LogP contribution in [0.2, 0.25) is 0 Å². The standard InChI is InChI=1S/C20H25N7O2/c1-2-23-19-18(12-16(13-21)14-24-19)27(7-6-26-8-10-29-11-9-26)20(28)25-17-4-3-5-22-15-17/h3-5,12,14-15H,2,6-11H2,1H3,(H,23,24)(H,25,28). The maximum atomic E-state index is 13.1. The molecule has 2 aromatic rings. The van der Waals surface area contributed by atoms with E-state index in [9.17, 15) is 10.1 Å². The fourth-order valence-corrected chi connectivity index (χ4v) is 3.05. The predicted octanol–water partition coefficient (Wildman–Crippen LogP) is 2.15. The second-order valence-corrected chi connectivity index (χ2v) is 6.51. The molecule has 0 unspecified atom stereocenters. The number of pyridine rings is 2. The minimum atomic E-state index is -0.303. The lowest BCUT2D eigenvalue weighted by Crippen LogP contribution is -2.44. The fraction of sp³-hybridized carbons (Fsp3) is 0.400. The SMILES string of the molecule is CCNc1ncc(C#N)cc1N(CCN1CCOCC1)C(=O)Nc1cccnc1. The van der Waals surface area contributed by atoms with E-state index in [4.69, 9.17) is 4.74 Å². The van der Waals surface area contributed by atoms with Crippen molar-refractivity contribution in [1.82, 2.24) is 14.9 Å². The third-order valence-corrected chi connectivity index (χ3v) is 4.53. The van der Waals surface area contributed by atoms with Crippen molar-refractivity contribution in [2.24, 2.45) is 0 Å². The topological polar surface area (TPSA) is 106 Å². The molecule has 0 spiro atoms. The number of morpholine rings is 1. The van der Waals surface area contributed by atoms with Crippen LogP contribution in [0.4, 0.5) is 22.0 Å². The molecule has 3 rings (SSSR count). The maximum absolute atomic E-state index is 13.1. The average molecular weight is 395 g/mol. The number of nitrogens with one attached hydrogen (secondary N) is 2. The molecular formula is C20H25N7O2. The van der Waals surface area contributed by atoms with Crippen LogP contribution in [0.3, 0.4) is 0 Å². The van der Waals surface area contributed by atoms with Gasteiger partial charge in [0.2, 0.25) is 0 Å². The highest BCUT2D eigenvalue weighted by Crippen LogP contribution is 2.26. The van der Waals surface area contributed by atoms with Crippen LogP contribution in [0.15, 0.2) is 36.8 Å². The normalized spacial score (nSPS) is 14.1. The zero-order chi connectivity index (χ0) is 20.5. The summed E-state index contributed by atoms with van der Waals surface area (Å²) in [6.45, 7) is 6.77. The number of nitriles is 1. The number of rotatable bonds is 7. The van der Waals surface area contributed by atoms with Crippen LogP contribution in [-0.4, -0.2) is 66.8 Å². The summed E-state index contributed by atoms with van der Waals surface area (Å²) in [7, 11) is 0. The largest absolute Gasteiger partial charge is 0.379 e. The van der Waals surface area contributed by atoms with Gasteiger partial charge >= 0.3 is 6.03 Å². The first-order valence-electron chi connectivity index (χ1n) is 9.64. The molecule has 2 N–H and O–H groups in total. The molecule has 0 radical (unpaired) electrons. The number of amides is 2. The van der Waals surface area contributed by atoms with Crippen LogP contribution in [0, 0.1) is 11.3 Å². The van der Waals surface area contributed by atoms with Gasteiger partial charge in [-0.2, -0.15) is 5.26 Å². The van der Waals surface area contributed by atoms with Gasteiger partial charge in [-0.15, -0.1) is 0 Å². The average Bonchev–Trinajstić information content (AvgIpc) is 2.76. The molecule has 3 heterocycles. The number of anilines is 3. The van der Waals surface area contributed by atoms with Crippen molar-refractivity contribution in [1.29, 1.82) is 5.26 Å². The summed E-state index contributed by atoms with van der Waals surface area (Å²) in [5.41, 5.74) is 1.57. The summed E-state index contributed by atoms with van der Waals surface area (Å²) in [5.74, 6) is 0.565. The lowest BCUT2D eigenvalue weighted by Gasteiger charge is -2.30. The Kier molecular flexibility index (Phi) is 7.33. The van der Waals surface area contributed by atoms with Crippen molar-refractivity contribution in [3.8, 4) is 6.07 Å². The predicted molar refractivity (Wildman–Crippen MR) is 111 cm³/mol. The van der Waals surface area contributed by atoms with E-state index < -0.39 is 0 Å². The van der Waals surface area contributed by atoms with Gasteiger partial charge in [-0.3, -0.25) is 14.8 Å². The van der Waals surface area contributed by atoms with Gasteiger partial charge < -0.3 is 15.4 Å². The molecule has 0 aromatic carbocycles. The monoisotopic (exact) mass is 395 g/mol. The first-order valence-corrected chi connectivity index (χ1v) is 9.64. The molecule has 2 aromatic heterocycles. The van der Waals surface area contributed by atoms with Crippen LogP contribution in [0.25, 0.3) is 0 Å². The van der Waals surface area contributed by atoms with E-state index in [0.29, 0.717) is 55.6 Å². The van der Waals surface area contributed by atoms with Gasteiger partial charge in [0.25, 0.3) is 0 Å². The van der Waals surface area contributed by atoms with E-state index in [0.717, 1.165) is 13.1 Å². The number of carbonyl (C=O) groups excluding carboxylic acids is 1. The molecule has 0 bridgehead atoms. The Bertz CT molecular complexity index is 848. The van der Waals surface area contributed by atoms with Crippen molar-refractivity contribution in [2.45, 2.75) is 6.92 Å². The highest BCUT2D eigenvalue weighted by atomic mass is 16.5. The van der Waals surface area contributed by atoms with Gasteiger partial charge in [0.05, 0.1) is 36.3 Å². The Morgan fingerprint density at radius 1 is 1.38 bits per heavy atom. The summed E-state index contributed by atoms with van der Waals surface area (Å²) >= 11 is 0. The molecular weight excluding hydrogens is 370 g/mol. The number of ether oxygens (including phenoxy) is 1. The Hall–Kier alpha value is -3.22. The van der Waals surface area contributed by atoms with Crippen molar-refractivity contribution in [3.63, 3.8) is 0 Å². The lowest BCUT2D eigenvalue weighted by molar-refractivity contribution is 0.0393. The van der Waals surface area contributed by atoms with Gasteiger partial charge in [0, 0.05) is 45.1 Å². The highest BCUT2D eigenvalue weighted by molar-refractivity contribution is 6.03. The van der Waals surface area contributed by atoms with Crippen LogP contribution in [0.5, 0.6) is 0 Å². The Morgan fingerprint density at radius 2 is 2.21 bits per heavy atom. The number of nitrogens with zero attached hydrogens (tertiary/aromatic N) is 5. The quantitative estimate of drug-likeness (QED) is 0.740. The van der Waals surface area contributed by atoms with Crippen LogP contribution in [0.1, 0.15) is 12.5 Å². The number of hydrogen-bond donors (Lipinski definition) is 2. The molecule has 2 amide bonds. The molecule has 0 atom stereocenters. The zero-order valence-electron chi connectivity index (χ0n) is 16.5. The molecule has 1 fully saturated rings. The van der Waals surface area contributed by atoms with Crippen molar-refractivity contribution in [3.05, 3.63) is 42.4 Å². The van der Waals surface area contributed by atoms with Gasteiger partial charge in [-0.1, -0.05) is 0 Å². The molecule has 1 aliphatic heterocycles. The summed E-state index contributed by atoms with van der Waals surface area (Å²) in [6.07, 6.45) is 4.74. The molecule has 152 valence electrons. The number of hydrogen-bond acceptors (Lipinski definition) is 7. The zero-order valence-corrected chi connectivity index (χ0v) is 16.5. The second-order valence-electron chi connectivity index (χ2n) is 6.51. The van der Waals surface area contributed by atoms with Gasteiger partial charge in [-0.25, -0.2) is 9.78 Å². The second kappa shape index (κ2) is 10.4. The van der Waals surface area contributed by atoms with Crippen LogP contribution < -0.4 is 15.5 Å². The number of carbonyl (C=O) groups is 1. The van der Waals surface area contributed by atoms with E-state index in [-0.39, 0.29) is 6.03 Å². The Labute approximate surface area is 170 Å². The molecule has 9 nitrogen and oxygen atoms in total. The third-order valence-electron chi connectivity index (χ3n) is 4.53. The van der Waals surface area contributed by atoms with Crippen molar-refractivity contribution < 1.29 is 9.53 Å². The molecule has 0 aliphatic carbocycles. The maximum Gasteiger partial charge on any atom is 0.326 e. The Balaban J connectivity index is 1.86. The summed E-state index contributed by atoms with van der Waals surface area (Å²) < 4.78 is 5.40. The van der Waals surface area contributed by atoms with Crippen molar-refractivity contribution in [2.75, 3.05) is 61.5 Å². The summed E-state index contributed by atoms with van der Waals surface area (Å²) in [6, 6.07) is 7.02. The van der Waals surface area contributed by atoms with Crippen LogP contribution in [-0.2, 0) is 4.74 Å². The molecule has 1 saturated heterocycles. The molecule has 29 heavy (non-hydrogen) atoms. The highest BCUT2D eigenvalue weighted by Gasteiger charge is 2.22. The van der Waals surface area contributed by atoms with E-state index in [1.807, 2.05) is 6.92 Å². The Morgan fingerprint density at radius 3 is 2.90 bits per heavy atom. The molecule has 9 heteroatoms. The van der Waals surface area contributed by atoms with E-state index in [2.05, 4.69) is 31.6 Å². The van der Waals surface area contributed by atoms with E-state index in [1.54, 1.807) is 35.5 Å². The lowest BCUT2D eigenvalue weighted by atomic mass is 10.2. The summed E-state index contributed by atoms with van der Waals surface area (Å²) in [4.78, 5) is 25.4. The first kappa shape index (κ1) is 20.5. The first-order chi connectivity index (χ1) is 14.2. The van der Waals surface area contributed by atoms with Gasteiger partial charge in [-0.05, 0) is 25.1 Å². The van der Waals surface area contributed by atoms with E-state index in [1.165, 1.54) is 6.20 Å². The molecule has 0 saturated carbocycles. The van der Waals surface area contributed by atoms with Gasteiger partial charge in [0.1, 0.15) is 11.9 Å². The van der Waals surface area contributed by atoms with Gasteiger partial charge in [0.15, 0.2) is 0 Å². The fourth-order valence-electron chi connectivity index (χ4n) is 3.05. The van der Waals surface area contributed by atoms with E-state index >= 15 is 0 Å². The minimum absolute atomic E-state index is 0.303. The number of aromatic nitrogens is 2. The minimum Gasteiger partial charge on any atom is -0.379 e. The number of urea groups is 1. The van der Waals surface area contributed by atoms with Crippen molar-refractivity contribution >= 4 is 23.2 Å².